The molecule has 0 heterocycles. The van der Waals surface area contributed by atoms with Crippen LogP contribution in [0.1, 0.15) is 36.5 Å². The van der Waals surface area contributed by atoms with Gasteiger partial charge in [0, 0.05) is 17.7 Å². The molecule has 0 aromatic heterocycles. The first-order valence-electron chi connectivity index (χ1n) is 6.42. The van der Waals surface area contributed by atoms with Crippen molar-refractivity contribution < 1.29 is 9.72 Å². The van der Waals surface area contributed by atoms with E-state index in [1.165, 1.54) is 18.9 Å². The van der Waals surface area contributed by atoms with Crippen LogP contribution in [0.25, 0.3) is 0 Å². The molecule has 1 fully saturated rings. The van der Waals surface area contributed by atoms with Crippen LogP contribution >= 0.6 is 11.6 Å². The molecule has 1 aromatic rings. The van der Waals surface area contributed by atoms with E-state index in [0.717, 1.165) is 12.5 Å². The summed E-state index contributed by atoms with van der Waals surface area (Å²) in [6, 6.07) is 2.54. The molecule has 7 heteroatoms. The van der Waals surface area contributed by atoms with Crippen LogP contribution in [-0.4, -0.2) is 16.9 Å². The molecule has 2 rings (SSSR count). The average Bonchev–Trinajstić information content (AvgIpc) is 3.15. The van der Waals surface area contributed by atoms with Gasteiger partial charge >= 0.3 is 0 Å². The van der Waals surface area contributed by atoms with Gasteiger partial charge in [0.25, 0.3) is 11.6 Å². The fraction of sp³-hybridized carbons (Fsp3) is 0.462. The second kappa shape index (κ2) is 5.66. The van der Waals surface area contributed by atoms with Crippen molar-refractivity contribution in [3.8, 4) is 0 Å². The van der Waals surface area contributed by atoms with E-state index < -0.39 is 4.92 Å². The van der Waals surface area contributed by atoms with Gasteiger partial charge in [-0.05, 0) is 25.3 Å². The number of hydrogen-bond acceptors (Lipinski definition) is 4. The Balaban J connectivity index is 2.14. The number of rotatable bonds is 5. The van der Waals surface area contributed by atoms with Crippen LogP contribution in [-0.2, 0) is 0 Å². The molecule has 1 unspecified atom stereocenters. The minimum Gasteiger partial charge on any atom is -0.392 e. The van der Waals surface area contributed by atoms with Crippen LogP contribution in [0.2, 0.25) is 5.02 Å². The summed E-state index contributed by atoms with van der Waals surface area (Å²) < 4.78 is 0. The summed E-state index contributed by atoms with van der Waals surface area (Å²) in [5.74, 6) is 0.317. The minimum atomic E-state index is -0.647. The highest BCUT2D eigenvalue weighted by atomic mass is 35.5. The van der Waals surface area contributed by atoms with E-state index in [0.29, 0.717) is 5.92 Å². The van der Waals surface area contributed by atoms with Crippen molar-refractivity contribution in [1.82, 2.24) is 5.32 Å². The Labute approximate surface area is 121 Å². The molecule has 1 aliphatic carbocycles. The van der Waals surface area contributed by atoms with Gasteiger partial charge in [0.15, 0.2) is 0 Å². The number of amides is 1. The van der Waals surface area contributed by atoms with Crippen LogP contribution in [0.3, 0.4) is 0 Å². The Kier molecular flexibility index (Phi) is 4.13. The van der Waals surface area contributed by atoms with E-state index in [9.17, 15) is 14.9 Å². The fourth-order valence-corrected chi connectivity index (χ4v) is 2.32. The molecule has 0 bridgehead atoms. The number of hydrogen-bond donors (Lipinski definition) is 2. The highest BCUT2D eigenvalue weighted by molar-refractivity contribution is 6.34. The van der Waals surface area contributed by atoms with Crippen molar-refractivity contribution >= 4 is 28.9 Å². The summed E-state index contributed by atoms with van der Waals surface area (Å²) in [6.07, 6.45) is 3.34. The summed E-state index contributed by atoms with van der Waals surface area (Å²) in [5, 5.41) is 13.7. The third-order valence-corrected chi connectivity index (χ3v) is 3.64. The predicted molar refractivity (Wildman–Crippen MR) is 76.8 cm³/mol. The fourth-order valence-electron chi connectivity index (χ4n) is 2.11. The number of carbonyl (C=O) groups excluding carboxylic acids is 1. The Hall–Kier alpha value is -1.82. The topological polar surface area (TPSA) is 98.3 Å². The number of halogens is 1. The van der Waals surface area contributed by atoms with Gasteiger partial charge in [-0.2, -0.15) is 0 Å². The quantitative estimate of drug-likeness (QED) is 0.496. The van der Waals surface area contributed by atoms with Crippen molar-refractivity contribution in [3.05, 3.63) is 32.8 Å². The maximum atomic E-state index is 12.1. The second-order valence-electron chi connectivity index (χ2n) is 5.20. The highest BCUT2D eigenvalue weighted by Gasteiger charge is 2.25. The van der Waals surface area contributed by atoms with Crippen LogP contribution in [0.15, 0.2) is 12.1 Å². The summed E-state index contributed by atoms with van der Waals surface area (Å²) in [4.78, 5) is 22.3. The number of nitrogens with zero attached hydrogens (tertiary/aromatic N) is 1. The number of nitrogen functional groups attached to an aromatic ring is 1. The van der Waals surface area contributed by atoms with Gasteiger partial charge in [-0.25, -0.2) is 0 Å². The molecule has 108 valence electrons. The first-order valence-corrected chi connectivity index (χ1v) is 6.80. The predicted octanol–water partition coefficient (Wildman–Crippen LogP) is 2.75. The van der Waals surface area contributed by atoms with Crippen molar-refractivity contribution in [1.29, 1.82) is 0 Å². The third-order valence-electron chi connectivity index (χ3n) is 3.33. The zero-order chi connectivity index (χ0) is 14.9. The van der Waals surface area contributed by atoms with Gasteiger partial charge in [0.2, 0.25) is 0 Å². The molecule has 1 aromatic carbocycles. The van der Waals surface area contributed by atoms with E-state index in [2.05, 4.69) is 5.32 Å². The normalized spacial score (nSPS) is 15.7. The lowest BCUT2D eigenvalue weighted by Gasteiger charge is -2.13. The number of nitrogens with one attached hydrogen (secondary N) is 1. The number of anilines is 1. The number of benzene rings is 1. The largest absolute Gasteiger partial charge is 0.392 e. The second-order valence-corrected chi connectivity index (χ2v) is 5.61. The maximum Gasteiger partial charge on any atom is 0.294 e. The van der Waals surface area contributed by atoms with Gasteiger partial charge in [-0.1, -0.05) is 24.4 Å². The molecule has 0 radical (unpaired) electrons. The zero-order valence-corrected chi connectivity index (χ0v) is 11.8. The molecule has 0 aliphatic heterocycles. The van der Waals surface area contributed by atoms with Crippen LogP contribution in [0.5, 0.6) is 0 Å². The van der Waals surface area contributed by atoms with Crippen LogP contribution in [0, 0.1) is 16.0 Å². The number of nitro groups is 1. The Morgan fingerprint density at radius 1 is 1.60 bits per heavy atom. The molecular weight excluding hydrogens is 282 g/mol. The summed E-state index contributed by atoms with van der Waals surface area (Å²) >= 11 is 5.83. The minimum absolute atomic E-state index is 0.0131. The Bertz CT molecular complexity index is 558. The smallest absolute Gasteiger partial charge is 0.294 e. The lowest BCUT2D eigenvalue weighted by Crippen LogP contribution is -2.32. The Morgan fingerprint density at radius 3 is 2.80 bits per heavy atom. The Morgan fingerprint density at radius 2 is 2.25 bits per heavy atom. The van der Waals surface area contributed by atoms with Gasteiger partial charge in [-0.3, -0.25) is 14.9 Å². The highest BCUT2D eigenvalue weighted by Crippen LogP contribution is 2.34. The molecule has 3 N–H and O–H groups in total. The first-order chi connectivity index (χ1) is 9.38. The molecule has 1 atom stereocenters. The molecule has 1 aliphatic rings. The van der Waals surface area contributed by atoms with E-state index >= 15 is 0 Å². The number of carbonyl (C=O) groups is 1. The number of nitrogens with two attached hydrogens (primary N) is 1. The van der Waals surface area contributed by atoms with Crippen molar-refractivity contribution in [2.24, 2.45) is 5.92 Å². The molecule has 6 nitrogen and oxygen atoms in total. The third kappa shape index (κ3) is 3.39. The molecule has 20 heavy (non-hydrogen) atoms. The lowest BCUT2D eigenvalue weighted by molar-refractivity contribution is -0.383. The number of nitro benzene ring substituents is 1. The molecular formula is C13H16ClN3O3. The van der Waals surface area contributed by atoms with E-state index in [1.54, 1.807) is 0 Å². The summed E-state index contributed by atoms with van der Waals surface area (Å²) in [5.41, 5.74) is 5.20. The SMILES string of the molecule is CC(CC1CC1)NC(=O)c1cc(Cl)c(N)c([N+](=O)[O-])c1. The van der Waals surface area contributed by atoms with Crippen LogP contribution < -0.4 is 11.1 Å². The average molecular weight is 298 g/mol. The summed E-state index contributed by atoms with van der Waals surface area (Å²) in [6.45, 7) is 1.92. The lowest BCUT2D eigenvalue weighted by atomic mass is 10.1. The zero-order valence-electron chi connectivity index (χ0n) is 11.1. The van der Waals surface area contributed by atoms with E-state index in [-0.39, 0.29) is 33.9 Å². The standard InChI is InChI=1S/C13H16ClN3O3/c1-7(4-8-2-3-8)16-13(18)9-5-10(14)12(15)11(6-9)17(19)20/h5-8H,2-4,15H2,1H3,(H,16,18). The van der Waals surface area contributed by atoms with E-state index in [4.69, 9.17) is 17.3 Å². The van der Waals surface area contributed by atoms with Gasteiger partial charge < -0.3 is 11.1 Å². The van der Waals surface area contributed by atoms with Gasteiger partial charge in [0.05, 0.1) is 9.95 Å². The molecule has 1 saturated carbocycles. The van der Waals surface area contributed by atoms with Crippen molar-refractivity contribution in [2.45, 2.75) is 32.2 Å². The maximum absolute atomic E-state index is 12.1. The molecule has 1 amide bonds. The van der Waals surface area contributed by atoms with Crippen molar-refractivity contribution in [3.63, 3.8) is 0 Å². The monoisotopic (exact) mass is 297 g/mol. The van der Waals surface area contributed by atoms with E-state index in [1.807, 2.05) is 6.92 Å². The molecule has 0 saturated heterocycles. The summed E-state index contributed by atoms with van der Waals surface area (Å²) in [7, 11) is 0. The van der Waals surface area contributed by atoms with Crippen LogP contribution in [0.4, 0.5) is 11.4 Å². The first kappa shape index (κ1) is 14.6. The van der Waals surface area contributed by atoms with Crippen molar-refractivity contribution in [2.75, 3.05) is 5.73 Å². The van der Waals surface area contributed by atoms with Gasteiger partial charge in [0.1, 0.15) is 5.69 Å². The molecule has 0 spiro atoms. The van der Waals surface area contributed by atoms with Gasteiger partial charge in [-0.15, -0.1) is 0 Å².